The summed E-state index contributed by atoms with van der Waals surface area (Å²) in [4.78, 5) is 30.1. The summed E-state index contributed by atoms with van der Waals surface area (Å²) < 4.78 is 22.3. The standard InChI is InChI=1S/C30H34N2O6/c1-4-6-16-35-25-12-9-24(10-13-25)30(34)31(15-5-2)20-29(33)32(19-26-11-7-22(3)38-26)18-23-8-14-27-28(17-23)37-21-36-27/h5,7-14,17H,2,4,6,15-16,18-21H2,1,3H3. The largest absolute Gasteiger partial charge is 0.494 e. The zero-order valence-corrected chi connectivity index (χ0v) is 22.0. The van der Waals surface area contributed by atoms with Gasteiger partial charge in [-0.3, -0.25) is 9.59 Å². The van der Waals surface area contributed by atoms with Gasteiger partial charge in [0, 0.05) is 18.7 Å². The van der Waals surface area contributed by atoms with Crippen molar-refractivity contribution in [3.05, 3.63) is 89.9 Å². The van der Waals surface area contributed by atoms with E-state index in [4.69, 9.17) is 18.6 Å². The highest BCUT2D eigenvalue weighted by Gasteiger charge is 2.24. The van der Waals surface area contributed by atoms with Crippen molar-refractivity contribution < 1.29 is 28.2 Å². The lowest BCUT2D eigenvalue weighted by molar-refractivity contribution is -0.133. The number of hydrogen-bond acceptors (Lipinski definition) is 6. The average Bonchev–Trinajstić information content (AvgIpc) is 3.56. The van der Waals surface area contributed by atoms with Gasteiger partial charge in [-0.25, -0.2) is 0 Å². The number of carbonyl (C=O) groups is 2. The topological polar surface area (TPSA) is 81.5 Å². The molecule has 200 valence electrons. The highest BCUT2D eigenvalue weighted by atomic mass is 16.7. The number of fused-ring (bicyclic) bond motifs is 1. The normalized spacial score (nSPS) is 11.7. The fourth-order valence-electron chi connectivity index (χ4n) is 4.10. The first-order valence-electron chi connectivity index (χ1n) is 12.8. The molecule has 0 radical (unpaired) electrons. The summed E-state index contributed by atoms with van der Waals surface area (Å²) in [5, 5.41) is 0. The van der Waals surface area contributed by atoms with Gasteiger partial charge < -0.3 is 28.4 Å². The monoisotopic (exact) mass is 518 g/mol. The van der Waals surface area contributed by atoms with Crippen molar-refractivity contribution in [1.82, 2.24) is 9.80 Å². The summed E-state index contributed by atoms with van der Waals surface area (Å²) in [7, 11) is 0. The fraction of sp³-hybridized carbons (Fsp3) is 0.333. The smallest absolute Gasteiger partial charge is 0.254 e. The van der Waals surface area contributed by atoms with E-state index >= 15 is 0 Å². The van der Waals surface area contributed by atoms with Crippen LogP contribution in [0.5, 0.6) is 17.2 Å². The Hall–Kier alpha value is -4.20. The second-order valence-corrected chi connectivity index (χ2v) is 9.15. The Morgan fingerprint density at radius 1 is 1.00 bits per heavy atom. The second-order valence-electron chi connectivity index (χ2n) is 9.15. The van der Waals surface area contributed by atoms with Gasteiger partial charge in [0.1, 0.15) is 23.8 Å². The van der Waals surface area contributed by atoms with E-state index in [0.29, 0.717) is 41.7 Å². The molecule has 2 amide bonds. The number of hydrogen-bond donors (Lipinski definition) is 0. The molecule has 1 aliphatic rings. The molecule has 8 nitrogen and oxygen atoms in total. The Balaban J connectivity index is 1.48. The predicted molar refractivity (Wildman–Crippen MR) is 143 cm³/mol. The first kappa shape index (κ1) is 26.9. The zero-order chi connectivity index (χ0) is 26.9. The number of carbonyl (C=O) groups excluding carboxylic acids is 2. The SMILES string of the molecule is C=CCN(CC(=O)N(Cc1ccc2c(c1)OCO2)Cc1ccc(C)o1)C(=O)c1ccc(OCCCC)cc1. The van der Waals surface area contributed by atoms with Crippen LogP contribution in [0.3, 0.4) is 0 Å². The minimum atomic E-state index is -0.254. The molecule has 38 heavy (non-hydrogen) atoms. The Morgan fingerprint density at radius 2 is 1.79 bits per heavy atom. The molecule has 2 aromatic carbocycles. The van der Waals surface area contributed by atoms with E-state index in [1.807, 2.05) is 37.3 Å². The number of benzene rings is 2. The van der Waals surface area contributed by atoms with Gasteiger partial charge >= 0.3 is 0 Å². The maximum absolute atomic E-state index is 13.6. The molecule has 0 bridgehead atoms. The van der Waals surface area contributed by atoms with Crippen molar-refractivity contribution in [3.63, 3.8) is 0 Å². The summed E-state index contributed by atoms with van der Waals surface area (Å²) in [5.74, 6) is 3.00. The molecule has 1 aliphatic heterocycles. The molecule has 0 saturated carbocycles. The first-order chi connectivity index (χ1) is 18.5. The van der Waals surface area contributed by atoms with Crippen LogP contribution in [0, 0.1) is 6.92 Å². The van der Waals surface area contributed by atoms with E-state index in [9.17, 15) is 9.59 Å². The van der Waals surface area contributed by atoms with Gasteiger partial charge in [-0.2, -0.15) is 0 Å². The molecule has 8 heteroatoms. The first-order valence-corrected chi connectivity index (χ1v) is 12.8. The average molecular weight is 519 g/mol. The number of ether oxygens (including phenoxy) is 3. The maximum Gasteiger partial charge on any atom is 0.254 e. The summed E-state index contributed by atoms with van der Waals surface area (Å²) in [5.41, 5.74) is 1.36. The predicted octanol–water partition coefficient (Wildman–Crippen LogP) is 5.35. The third-order valence-corrected chi connectivity index (χ3v) is 6.14. The lowest BCUT2D eigenvalue weighted by atomic mass is 10.1. The third-order valence-electron chi connectivity index (χ3n) is 6.14. The van der Waals surface area contributed by atoms with Crippen LogP contribution in [0.25, 0.3) is 0 Å². The van der Waals surface area contributed by atoms with Crippen LogP contribution < -0.4 is 14.2 Å². The lowest BCUT2D eigenvalue weighted by Crippen LogP contribution is -2.42. The summed E-state index contributed by atoms with van der Waals surface area (Å²) in [6, 6.07) is 16.3. The lowest BCUT2D eigenvalue weighted by Gasteiger charge is -2.27. The molecular weight excluding hydrogens is 484 g/mol. The van der Waals surface area contributed by atoms with Crippen LogP contribution in [0.4, 0.5) is 0 Å². The van der Waals surface area contributed by atoms with Crippen molar-refractivity contribution >= 4 is 11.8 Å². The van der Waals surface area contributed by atoms with Crippen molar-refractivity contribution in [2.24, 2.45) is 0 Å². The Kier molecular flexibility index (Phi) is 9.08. The molecule has 2 heterocycles. The van der Waals surface area contributed by atoms with Crippen LogP contribution in [0.15, 0.2) is 71.7 Å². The van der Waals surface area contributed by atoms with Crippen molar-refractivity contribution in [2.75, 3.05) is 26.5 Å². The molecule has 0 fully saturated rings. The van der Waals surface area contributed by atoms with Crippen LogP contribution in [-0.4, -0.2) is 48.1 Å². The summed E-state index contributed by atoms with van der Waals surface area (Å²) in [6.07, 6.45) is 3.63. The van der Waals surface area contributed by atoms with Gasteiger partial charge in [-0.1, -0.05) is 25.5 Å². The van der Waals surface area contributed by atoms with E-state index in [1.165, 1.54) is 4.90 Å². The molecule has 3 aromatic rings. The quantitative estimate of drug-likeness (QED) is 0.224. The van der Waals surface area contributed by atoms with Crippen LogP contribution >= 0.6 is 0 Å². The van der Waals surface area contributed by atoms with Gasteiger partial charge in [0.05, 0.1) is 13.2 Å². The van der Waals surface area contributed by atoms with E-state index in [0.717, 1.165) is 24.2 Å². The molecule has 0 N–H and O–H groups in total. The number of furan rings is 1. The summed E-state index contributed by atoms with van der Waals surface area (Å²) >= 11 is 0. The molecule has 1 aromatic heterocycles. The van der Waals surface area contributed by atoms with Crippen LogP contribution in [0.2, 0.25) is 0 Å². The van der Waals surface area contributed by atoms with Crippen LogP contribution in [0.1, 0.15) is 47.2 Å². The fourth-order valence-corrected chi connectivity index (χ4v) is 4.10. The van der Waals surface area contributed by atoms with Gasteiger partial charge in [-0.05, 0) is 67.4 Å². The number of rotatable bonds is 13. The van der Waals surface area contributed by atoms with Crippen molar-refractivity contribution in [2.45, 2.75) is 39.8 Å². The maximum atomic E-state index is 13.6. The van der Waals surface area contributed by atoms with Crippen molar-refractivity contribution in [1.29, 1.82) is 0 Å². The number of unbranched alkanes of at least 4 members (excludes halogenated alkanes) is 1. The second kappa shape index (κ2) is 12.9. The minimum Gasteiger partial charge on any atom is -0.494 e. The number of nitrogens with zero attached hydrogens (tertiary/aromatic N) is 2. The van der Waals surface area contributed by atoms with Crippen LogP contribution in [-0.2, 0) is 17.9 Å². The van der Waals surface area contributed by atoms with Crippen molar-refractivity contribution in [3.8, 4) is 17.2 Å². The van der Waals surface area contributed by atoms with E-state index in [2.05, 4.69) is 13.5 Å². The van der Waals surface area contributed by atoms with Gasteiger partial charge in [0.25, 0.3) is 5.91 Å². The zero-order valence-electron chi connectivity index (χ0n) is 22.0. The van der Waals surface area contributed by atoms with E-state index in [-0.39, 0.29) is 38.2 Å². The number of amides is 2. The molecule has 0 unspecified atom stereocenters. The Labute approximate surface area is 223 Å². The van der Waals surface area contributed by atoms with Gasteiger partial charge in [0.15, 0.2) is 11.5 Å². The molecular formula is C30H34N2O6. The third kappa shape index (κ3) is 6.97. The Bertz CT molecular complexity index is 1250. The molecule has 0 aliphatic carbocycles. The van der Waals surface area contributed by atoms with Gasteiger partial charge in [-0.15, -0.1) is 6.58 Å². The molecule has 0 spiro atoms. The van der Waals surface area contributed by atoms with E-state index < -0.39 is 0 Å². The molecule has 0 saturated heterocycles. The minimum absolute atomic E-state index is 0.107. The van der Waals surface area contributed by atoms with E-state index in [1.54, 1.807) is 35.2 Å². The number of aryl methyl sites for hydroxylation is 1. The molecule has 0 atom stereocenters. The molecule has 4 rings (SSSR count). The van der Waals surface area contributed by atoms with Gasteiger partial charge in [0.2, 0.25) is 12.7 Å². The summed E-state index contributed by atoms with van der Waals surface area (Å²) in [6.45, 7) is 9.26. The Morgan fingerprint density at radius 3 is 2.50 bits per heavy atom. The highest BCUT2D eigenvalue weighted by molar-refractivity contribution is 5.96. The highest BCUT2D eigenvalue weighted by Crippen LogP contribution is 2.33.